The molecule has 19 heavy (non-hydrogen) atoms. The Bertz CT molecular complexity index is 728. The van der Waals surface area contributed by atoms with Gasteiger partial charge in [-0.15, -0.1) is 0 Å². The van der Waals surface area contributed by atoms with E-state index in [1.807, 2.05) is 0 Å². The van der Waals surface area contributed by atoms with Gasteiger partial charge in [0.1, 0.15) is 18.0 Å². The number of benzene rings is 1. The SMILES string of the molecule is N#CC(O)C(O)c1ccc2occ(C=O)c(=O)c2c1. The second kappa shape index (κ2) is 5.02. The van der Waals surface area contributed by atoms with Gasteiger partial charge in [0.05, 0.1) is 17.0 Å². The van der Waals surface area contributed by atoms with E-state index in [2.05, 4.69) is 0 Å². The average Bonchev–Trinajstić information content (AvgIpc) is 2.46. The molecule has 0 saturated heterocycles. The van der Waals surface area contributed by atoms with E-state index in [0.717, 1.165) is 6.26 Å². The molecule has 96 valence electrons. The maximum Gasteiger partial charge on any atom is 0.203 e. The lowest BCUT2D eigenvalue weighted by Gasteiger charge is -2.12. The zero-order valence-electron chi connectivity index (χ0n) is 9.61. The van der Waals surface area contributed by atoms with Crippen LogP contribution in [0.25, 0.3) is 11.0 Å². The van der Waals surface area contributed by atoms with Crippen LogP contribution in [-0.2, 0) is 0 Å². The molecule has 6 nitrogen and oxygen atoms in total. The van der Waals surface area contributed by atoms with Crippen molar-refractivity contribution in [3.05, 3.63) is 45.8 Å². The van der Waals surface area contributed by atoms with Gasteiger partial charge in [-0.1, -0.05) is 6.07 Å². The Balaban J connectivity index is 2.63. The predicted molar refractivity (Wildman–Crippen MR) is 64.5 cm³/mol. The van der Waals surface area contributed by atoms with Crippen molar-refractivity contribution < 1.29 is 19.4 Å². The average molecular weight is 259 g/mol. The molecule has 1 aromatic heterocycles. The van der Waals surface area contributed by atoms with E-state index in [0.29, 0.717) is 6.29 Å². The van der Waals surface area contributed by atoms with E-state index in [-0.39, 0.29) is 22.1 Å². The molecule has 0 amide bonds. The fourth-order valence-corrected chi connectivity index (χ4v) is 1.68. The maximum absolute atomic E-state index is 11.9. The van der Waals surface area contributed by atoms with Crippen LogP contribution in [-0.4, -0.2) is 22.6 Å². The van der Waals surface area contributed by atoms with Gasteiger partial charge < -0.3 is 14.6 Å². The smallest absolute Gasteiger partial charge is 0.203 e. The molecule has 0 fully saturated rings. The predicted octanol–water partition coefficient (Wildman–Crippen LogP) is 0.523. The number of hydrogen-bond donors (Lipinski definition) is 2. The molecule has 0 aliphatic rings. The quantitative estimate of drug-likeness (QED) is 0.614. The third kappa shape index (κ3) is 2.25. The van der Waals surface area contributed by atoms with Crippen molar-refractivity contribution in [2.24, 2.45) is 0 Å². The first-order valence-electron chi connectivity index (χ1n) is 5.35. The monoisotopic (exact) mass is 259 g/mol. The highest BCUT2D eigenvalue weighted by Gasteiger charge is 2.19. The van der Waals surface area contributed by atoms with Gasteiger partial charge >= 0.3 is 0 Å². The minimum absolute atomic E-state index is 0.103. The summed E-state index contributed by atoms with van der Waals surface area (Å²) in [6.45, 7) is 0. The number of nitrogens with zero attached hydrogens (tertiary/aromatic N) is 1. The van der Waals surface area contributed by atoms with E-state index < -0.39 is 17.6 Å². The van der Waals surface area contributed by atoms with Crippen LogP contribution < -0.4 is 5.43 Å². The van der Waals surface area contributed by atoms with Gasteiger partial charge in [0, 0.05) is 0 Å². The minimum Gasteiger partial charge on any atom is -0.463 e. The molecule has 2 unspecified atom stereocenters. The second-order valence-electron chi connectivity index (χ2n) is 3.91. The highest BCUT2D eigenvalue weighted by atomic mass is 16.3. The van der Waals surface area contributed by atoms with Crippen LogP contribution in [0.3, 0.4) is 0 Å². The summed E-state index contributed by atoms with van der Waals surface area (Å²) in [4.78, 5) is 22.5. The van der Waals surface area contributed by atoms with Crippen LogP contribution in [0.2, 0.25) is 0 Å². The Labute approximate surface area is 107 Å². The van der Waals surface area contributed by atoms with Gasteiger partial charge in [-0.3, -0.25) is 9.59 Å². The number of hydrogen-bond acceptors (Lipinski definition) is 6. The van der Waals surface area contributed by atoms with Crippen molar-refractivity contribution >= 4 is 17.3 Å². The Kier molecular flexibility index (Phi) is 3.42. The number of nitriles is 1. The standard InChI is InChI=1S/C13H9NO5/c14-4-10(16)13(18)7-1-2-11-9(3-7)12(17)8(5-15)6-19-11/h1-3,5-6,10,13,16,18H. The molecule has 0 bridgehead atoms. The van der Waals surface area contributed by atoms with Gasteiger partial charge in [0.2, 0.25) is 5.43 Å². The zero-order chi connectivity index (χ0) is 14.0. The Morgan fingerprint density at radius 1 is 1.37 bits per heavy atom. The fourth-order valence-electron chi connectivity index (χ4n) is 1.68. The van der Waals surface area contributed by atoms with Crippen molar-refractivity contribution in [3.63, 3.8) is 0 Å². The highest BCUT2D eigenvalue weighted by Crippen LogP contribution is 2.21. The Morgan fingerprint density at radius 2 is 2.11 bits per heavy atom. The van der Waals surface area contributed by atoms with Gasteiger partial charge in [-0.25, -0.2) is 0 Å². The van der Waals surface area contributed by atoms with Crippen molar-refractivity contribution in [1.29, 1.82) is 5.26 Å². The lowest BCUT2D eigenvalue weighted by molar-refractivity contribution is 0.0529. The van der Waals surface area contributed by atoms with Gasteiger partial charge in [0.15, 0.2) is 12.4 Å². The number of carbonyl (C=O) groups is 1. The third-order valence-electron chi connectivity index (χ3n) is 2.72. The number of carbonyl (C=O) groups excluding carboxylic acids is 1. The molecule has 2 rings (SSSR count). The van der Waals surface area contributed by atoms with Crippen LogP contribution in [0.4, 0.5) is 0 Å². The molecule has 1 heterocycles. The lowest BCUT2D eigenvalue weighted by atomic mass is 10.0. The molecule has 0 radical (unpaired) electrons. The largest absolute Gasteiger partial charge is 0.463 e. The Hall–Kier alpha value is -2.49. The summed E-state index contributed by atoms with van der Waals surface area (Å²) < 4.78 is 5.10. The van der Waals surface area contributed by atoms with Crippen LogP contribution in [0.15, 0.2) is 33.7 Å². The summed E-state index contributed by atoms with van der Waals surface area (Å²) in [7, 11) is 0. The number of aldehydes is 1. The minimum atomic E-state index is -1.60. The highest BCUT2D eigenvalue weighted by molar-refractivity contribution is 5.84. The van der Waals surface area contributed by atoms with E-state index in [1.165, 1.54) is 24.3 Å². The summed E-state index contributed by atoms with van der Waals surface area (Å²) in [5.41, 5.74) is -0.230. The van der Waals surface area contributed by atoms with Gasteiger partial charge in [-0.2, -0.15) is 5.26 Å². The first-order chi connectivity index (χ1) is 9.08. The van der Waals surface area contributed by atoms with E-state index in [1.54, 1.807) is 0 Å². The second-order valence-corrected chi connectivity index (χ2v) is 3.91. The van der Waals surface area contributed by atoms with Gasteiger partial charge in [-0.05, 0) is 17.7 Å². The van der Waals surface area contributed by atoms with E-state index in [9.17, 15) is 19.8 Å². The molecule has 0 spiro atoms. The molecule has 0 saturated carbocycles. The summed E-state index contributed by atoms with van der Waals surface area (Å²) in [6.07, 6.45) is -1.61. The van der Waals surface area contributed by atoms with Gasteiger partial charge in [0.25, 0.3) is 0 Å². The van der Waals surface area contributed by atoms with E-state index in [4.69, 9.17) is 9.68 Å². The molecular formula is C13H9NO5. The van der Waals surface area contributed by atoms with Crippen molar-refractivity contribution in [2.75, 3.05) is 0 Å². The molecule has 2 atom stereocenters. The van der Waals surface area contributed by atoms with Crippen LogP contribution in [0.1, 0.15) is 22.0 Å². The number of rotatable bonds is 3. The first-order valence-corrected chi connectivity index (χ1v) is 5.35. The molecule has 2 N–H and O–H groups in total. The first kappa shape index (κ1) is 13.0. The summed E-state index contributed by atoms with van der Waals surface area (Å²) in [5, 5.41) is 27.6. The van der Waals surface area contributed by atoms with E-state index >= 15 is 0 Å². The summed E-state index contributed by atoms with van der Waals surface area (Å²) >= 11 is 0. The van der Waals surface area contributed by atoms with Crippen molar-refractivity contribution in [3.8, 4) is 6.07 Å². The topological polar surface area (TPSA) is 112 Å². The fraction of sp³-hybridized carbons (Fsp3) is 0.154. The molecule has 0 aliphatic heterocycles. The summed E-state index contributed by atoms with van der Waals surface area (Å²) in [6, 6.07) is 5.64. The zero-order valence-corrected chi connectivity index (χ0v) is 9.61. The van der Waals surface area contributed by atoms with Crippen molar-refractivity contribution in [2.45, 2.75) is 12.2 Å². The molecule has 6 heteroatoms. The molecule has 0 aliphatic carbocycles. The molecule has 2 aromatic rings. The Morgan fingerprint density at radius 3 is 2.74 bits per heavy atom. The van der Waals surface area contributed by atoms with Crippen LogP contribution >= 0.6 is 0 Å². The summed E-state index contributed by atoms with van der Waals surface area (Å²) in [5.74, 6) is 0. The molecule has 1 aromatic carbocycles. The number of fused-ring (bicyclic) bond motifs is 1. The van der Waals surface area contributed by atoms with Crippen LogP contribution in [0, 0.1) is 11.3 Å². The normalized spacial score (nSPS) is 13.7. The lowest BCUT2D eigenvalue weighted by Crippen LogP contribution is -2.16. The third-order valence-corrected chi connectivity index (χ3v) is 2.72. The number of aliphatic hydroxyl groups is 2. The maximum atomic E-state index is 11.9. The van der Waals surface area contributed by atoms with Crippen molar-refractivity contribution in [1.82, 2.24) is 0 Å². The number of aliphatic hydroxyl groups excluding tert-OH is 2. The molecular weight excluding hydrogens is 250 g/mol. The van der Waals surface area contributed by atoms with Crippen LogP contribution in [0.5, 0.6) is 0 Å².